The second kappa shape index (κ2) is 13.6. The minimum Gasteiger partial charge on any atom is -0.241 e. The van der Waals surface area contributed by atoms with Gasteiger partial charge in [-0.15, -0.1) is 0 Å². The van der Waals surface area contributed by atoms with Gasteiger partial charge in [0.1, 0.15) is 0 Å². The molecule has 0 aliphatic rings. The molecule has 0 atom stereocenters. The molecule has 4 rings (SSSR count). The van der Waals surface area contributed by atoms with Gasteiger partial charge in [0.15, 0.2) is 0 Å². The molecule has 0 N–H and O–H groups in total. The van der Waals surface area contributed by atoms with Crippen molar-refractivity contribution in [2.45, 2.75) is 22.9 Å². The van der Waals surface area contributed by atoms with Gasteiger partial charge in [0.25, 0.3) is 0 Å². The van der Waals surface area contributed by atoms with Gasteiger partial charge in [0.2, 0.25) is 10.0 Å². The lowest BCUT2D eigenvalue weighted by Crippen LogP contribution is -2.36. The van der Waals surface area contributed by atoms with Crippen molar-refractivity contribution in [1.29, 1.82) is 0 Å². The van der Waals surface area contributed by atoms with Crippen molar-refractivity contribution in [3.63, 3.8) is 0 Å². The van der Waals surface area contributed by atoms with Crippen molar-refractivity contribution >= 4 is 68.4 Å². The van der Waals surface area contributed by atoms with Crippen LogP contribution in [0.2, 0.25) is 20.1 Å². The number of sulfonamides is 1. The molecule has 0 aliphatic carbocycles. The van der Waals surface area contributed by atoms with Crippen molar-refractivity contribution in [2.75, 3.05) is 13.1 Å². The summed E-state index contributed by atoms with van der Waals surface area (Å²) in [5.74, 6) is 0. The summed E-state index contributed by atoms with van der Waals surface area (Å²) in [5, 5.41) is 2.31. The molecule has 0 aliphatic heterocycles. The normalized spacial score (nSPS) is 11.8. The van der Waals surface area contributed by atoms with Crippen LogP contribution in [-0.2, 0) is 23.1 Å². The van der Waals surface area contributed by atoms with Crippen molar-refractivity contribution in [3.05, 3.63) is 128 Å². The fourth-order valence-electron chi connectivity index (χ4n) is 3.74. The summed E-state index contributed by atoms with van der Waals surface area (Å²) in [5.41, 5.74) is 1.81. The Labute approximate surface area is 248 Å². The van der Waals surface area contributed by atoms with Crippen LogP contribution in [0.5, 0.6) is 0 Å². The Kier molecular flexibility index (Phi) is 10.4. The molecule has 0 heterocycles. The van der Waals surface area contributed by atoms with Crippen molar-refractivity contribution in [3.8, 4) is 0 Å². The Morgan fingerprint density at radius 3 is 1.68 bits per heavy atom. The molecule has 0 radical (unpaired) electrons. The van der Waals surface area contributed by atoms with E-state index in [-0.39, 0.29) is 18.0 Å². The van der Waals surface area contributed by atoms with Crippen LogP contribution >= 0.6 is 58.4 Å². The Hall–Kier alpha value is -1.74. The van der Waals surface area contributed by atoms with Crippen LogP contribution in [0.25, 0.3) is 0 Å². The largest absolute Gasteiger partial charge is 0.243 e. The van der Waals surface area contributed by atoms with E-state index in [1.54, 1.807) is 24.3 Å². The topological polar surface area (TPSA) is 40.6 Å². The molecule has 4 aromatic carbocycles. The predicted molar refractivity (Wildman–Crippen MR) is 160 cm³/mol. The molecule has 0 spiro atoms. The van der Waals surface area contributed by atoms with E-state index < -0.39 is 10.0 Å². The fraction of sp³-hybridized carbons (Fsp3) is 0.143. The van der Waals surface area contributed by atoms with E-state index >= 15 is 0 Å². The molecular weight excluding hydrogens is 602 g/mol. The Morgan fingerprint density at radius 2 is 1.13 bits per heavy atom. The predicted octanol–water partition coefficient (Wildman–Crippen LogP) is 8.70. The molecule has 4 aromatic rings. The molecule has 0 unspecified atom stereocenters. The SMILES string of the molecule is O=S(=O)(c1ccc(Cl)cc1)N(CCN(Cc1cccc(Cl)c1)Sc1ccc(Cl)cc1)Cc1cccc(Cl)c1. The maximum Gasteiger partial charge on any atom is 0.243 e. The number of nitrogens with zero attached hydrogens (tertiary/aromatic N) is 2. The number of rotatable bonds is 11. The van der Waals surface area contributed by atoms with E-state index in [0.717, 1.165) is 16.0 Å². The zero-order valence-corrected chi connectivity index (χ0v) is 24.8. The van der Waals surface area contributed by atoms with Gasteiger partial charge in [-0.2, -0.15) is 4.31 Å². The standard InChI is InChI=1S/C28H24Cl4N2O2S2/c29-23-7-11-27(12-8-23)37-33(19-21-3-1-5-25(31)17-21)15-16-34(20-22-4-2-6-26(32)18-22)38(35,36)28-13-9-24(30)10-14-28/h1-14,17-18H,15-16,19-20H2. The van der Waals surface area contributed by atoms with Gasteiger partial charge in [-0.05, 0) is 95.9 Å². The van der Waals surface area contributed by atoms with Crippen LogP contribution in [0.15, 0.2) is 107 Å². The van der Waals surface area contributed by atoms with Crippen LogP contribution in [0.3, 0.4) is 0 Å². The van der Waals surface area contributed by atoms with E-state index in [2.05, 4.69) is 4.31 Å². The summed E-state index contributed by atoms with van der Waals surface area (Å²) in [4.78, 5) is 1.16. The molecule has 0 fully saturated rings. The third-order valence-corrected chi connectivity index (χ3v) is 9.48. The summed E-state index contributed by atoms with van der Waals surface area (Å²) in [6, 6.07) is 28.6. The van der Waals surface area contributed by atoms with Gasteiger partial charge < -0.3 is 0 Å². The first kappa shape index (κ1) is 29.2. The average molecular weight is 626 g/mol. The zero-order chi connectivity index (χ0) is 27.1. The number of halogens is 4. The van der Waals surface area contributed by atoms with Crippen LogP contribution in [0.1, 0.15) is 11.1 Å². The van der Waals surface area contributed by atoms with E-state index in [1.807, 2.05) is 60.7 Å². The fourth-order valence-corrected chi connectivity index (χ4v) is 6.78. The summed E-state index contributed by atoms with van der Waals surface area (Å²) in [6.07, 6.45) is 0. The summed E-state index contributed by atoms with van der Waals surface area (Å²) >= 11 is 26.0. The summed E-state index contributed by atoms with van der Waals surface area (Å²) < 4.78 is 31.0. The van der Waals surface area contributed by atoms with E-state index in [9.17, 15) is 8.42 Å². The Balaban J connectivity index is 1.61. The second-order valence-corrected chi connectivity index (χ2v) is 13.3. The maximum atomic E-state index is 13.7. The number of benzene rings is 4. The van der Waals surface area contributed by atoms with E-state index in [0.29, 0.717) is 33.2 Å². The first-order valence-electron chi connectivity index (χ1n) is 11.6. The van der Waals surface area contributed by atoms with Crippen LogP contribution in [0.4, 0.5) is 0 Å². The monoisotopic (exact) mass is 624 g/mol. The zero-order valence-electron chi connectivity index (χ0n) is 20.1. The molecular formula is C28H24Cl4N2O2S2. The van der Waals surface area contributed by atoms with Crippen molar-refractivity contribution < 1.29 is 8.42 Å². The molecule has 0 bridgehead atoms. The molecule has 0 aromatic heterocycles. The second-order valence-electron chi connectivity index (χ2n) is 8.46. The molecule has 0 amide bonds. The van der Waals surface area contributed by atoms with Crippen LogP contribution < -0.4 is 0 Å². The highest BCUT2D eigenvalue weighted by atomic mass is 35.5. The summed E-state index contributed by atoms with van der Waals surface area (Å²) in [7, 11) is -3.83. The lowest BCUT2D eigenvalue weighted by atomic mass is 10.2. The minimum absolute atomic E-state index is 0.169. The van der Waals surface area contributed by atoms with Gasteiger partial charge in [-0.25, -0.2) is 12.7 Å². The first-order chi connectivity index (χ1) is 18.2. The maximum absolute atomic E-state index is 13.7. The first-order valence-corrected chi connectivity index (χ1v) is 15.3. The Morgan fingerprint density at radius 1 is 0.605 bits per heavy atom. The van der Waals surface area contributed by atoms with Gasteiger partial charge in [0.05, 0.1) is 4.90 Å². The molecule has 0 saturated heterocycles. The van der Waals surface area contributed by atoms with Crippen LogP contribution in [-0.4, -0.2) is 30.1 Å². The highest BCUT2D eigenvalue weighted by Crippen LogP contribution is 2.28. The molecule has 0 saturated carbocycles. The van der Waals surface area contributed by atoms with Crippen molar-refractivity contribution in [2.24, 2.45) is 0 Å². The van der Waals surface area contributed by atoms with Gasteiger partial charge in [-0.3, -0.25) is 0 Å². The highest BCUT2D eigenvalue weighted by Gasteiger charge is 2.26. The average Bonchev–Trinajstić information content (AvgIpc) is 2.88. The minimum atomic E-state index is -3.83. The highest BCUT2D eigenvalue weighted by molar-refractivity contribution is 7.97. The van der Waals surface area contributed by atoms with Gasteiger partial charge in [-0.1, -0.05) is 70.7 Å². The number of hydrogen-bond donors (Lipinski definition) is 0. The van der Waals surface area contributed by atoms with Gasteiger partial charge >= 0.3 is 0 Å². The Bertz CT molecular complexity index is 1470. The smallest absolute Gasteiger partial charge is 0.241 e. The molecule has 4 nitrogen and oxygen atoms in total. The molecule has 38 heavy (non-hydrogen) atoms. The third-order valence-electron chi connectivity index (χ3n) is 5.59. The van der Waals surface area contributed by atoms with Gasteiger partial charge in [0, 0.05) is 51.2 Å². The third kappa shape index (κ3) is 8.38. The quantitative estimate of drug-likeness (QED) is 0.156. The molecule has 198 valence electrons. The summed E-state index contributed by atoms with van der Waals surface area (Å²) in [6.45, 7) is 1.40. The number of hydrogen-bond acceptors (Lipinski definition) is 4. The van der Waals surface area contributed by atoms with E-state index in [1.165, 1.54) is 28.4 Å². The van der Waals surface area contributed by atoms with Crippen LogP contribution in [0, 0.1) is 0 Å². The lowest BCUT2D eigenvalue weighted by molar-refractivity contribution is 0.355. The lowest BCUT2D eigenvalue weighted by Gasteiger charge is -2.27. The molecule has 10 heteroatoms. The van der Waals surface area contributed by atoms with E-state index in [4.69, 9.17) is 46.4 Å². The van der Waals surface area contributed by atoms with Crippen molar-refractivity contribution in [1.82, 2.24) is 8.61 Å².